The van der Waals surface area contributed by atoms with Crippen LogP contribution in [0.2, 0.25) is 0 Å². The van der Waals surface area contributed by atoms with E-state index >= 15 is 0 Å². The molecular weight excluding hydrogens is 206 g/mol. The third-order valence-electron chi connectivity index (χ3n) is 3.22. The van der Waals surface area contributed by atoms with Crippen molar-refractivity contribution in [3.63, 3.8) is 0 Å². The van der Waals surface area contributed by atoms with E-state index in [4.69, 9.17) is 0 Å². The van der Waals surface area contributed by atoms with Crippen LogP contribution in [0, 0.1) is 12.3 Å². The molecule has 1 amide bonds. The van der Waals surface area contributed by atoms with Gasteiger partial charge in [0.1, 0.15) is 0 Å². The highest BCUT2D eigenvalue weighted by atomic mass is 32.2. The van der Waals surface area contributed by atoms with Gasteiger partial charge in [-0.3, -0.25) is 4.79 Å². The average Bonchev–Trinajstić information content (AvgIpc) is 3.00. The molecule has 1 fully saturated rings. The maximum Gasteiger partial charge on any atom is 0.231 e. The first-order valence-corrected chi connectivity index (χ1v) is 6.23. The lowest BCUT2D eigenvalue weighted by molar-refractivity contribution is -0.120. The van der Waals surface area contributed by atoms with Crippen LogP contribution in [0.1, 0.15) is 18.4 Å². The largest absolute Gasteiger partial charge is 0.325 e. The van der Waals surface area contributed by atoms with Crippen molar-refractivity contribution in [3.8, 4) is 0 Å². The topological polar surface area (TPSA) is 29.1 Å². The molecule has 0 bridgehead atoms. The van der Waals surface area contributed by atoms with Gasteiger partial charge in [0.25, 0.3) is 0 Å². The quantitative estimate of drug-likeness (QED) is 0.727. The highest BCUT2D eigenvalue weighted by Crippen LogP contribution is 2.52. The zero-order chi connectivity index (χ0) is 10.5. The van der Waals surface area contributed by atoms with Crippen molar-refractivity contribution in [2.75, 3.05) is 11.1 Å². The molecule has 0 unspecified atom stereocenters. The third kappa shape index (κ3) is 1.46. The third-order valence-corrected chi connectivity index (χ3v) is 4.57. The molecule has 3 rings (SSSR count). The van der Waals surface area contributed by atoms with Gasteiger partial charge in [-0.05, 0) is 37.5 Å². The van der Waals surface area contributed by atoms with Crippen LogP contribution in [0.5, 0.6) is 0 Å². The number of hydrogen-bond donors (Lipinski definition) is 1. The van der Waals surface area contributed by atoms with Crippen molar-refractivity contribution < 1.29 is 4.79 Å². The zero-order valence-corrected chi connectivity index (χ0v) is 9.49. The number of rotatable bonds is 0. The van der Waals surface area contributed by atoms with Gasteiger partial charge in [-0.1, -0.05) is 6.07 Å². The molecule has 3 heteroatoms. The Bertz CT molecular complexity index is 437. The number of aryl methyl sites for hydroxylation is 1. The first-order valence-electron chi connectivity index (χ1n) is 5.25. The van der Waals surface area contributed by atoms with Crippen LogP contribution < -0.4 is 5.32 Å². The Morgan fingerprint density at radius 1 is 1.40 bits per heavy atom. The average molecular weight is 219 g/mol. The van der Waals surface area contributed by atoms with Gasteiger partial charge in [-0.2, -0.15) is 0 Å². The lowest BCUT2D eigenvalue weighted by Crippen LogP contribution is -2.24. The van der Waals surface area contributed by atoms with E-state index in [1.807, 2.05) is 23.9 Å². The fraction of sp³-hybridized carbons (Fsp3) is 0.417. The van der Waals surface area contributed by atoms with Gasteiger partial charge in [-0.15, -0.1) is 11.8 Å². The van der Waals surface area contributed by atoms with Crippen LogP contribution in [0.25, 0.3) is 0 Å². The molecule has 0 aromatic heterocycles. The number of anilines is 1. The lowest BCUT2D eigenvalue weighted by atomic mass is 10.1. The minimum absolute atomic E-state index is 0.0441. The summed E-state index contributed by atoms with van der Waals surface area (Å²) in [6.45, 7) is 2.08. The van der Waals surface area contributed by atoms with Crippen LogP contribution in [-0.2, 0) is 4.79 Å². The minimum Gasteiger partial charge on any atom is -0.325 e. The number of thioether (sulfide) groups is 1. The van der Waals surface area contributed by atoms with Gasteiger partial charge in [0, 0.05) is 10.6 Å². The van der Waals surface area contributed by atoms with Crippen molar-refractivity contribution >= 4 is 23.4 Å². The SMILES string of the molecule is Cc1ccc2c(c1)SCC1(CC1)C(=O)N2. The molecule has 1 saturated carbocycles. The summed E-state index contributed by atoms with van der Waals surface area (Å²) in [5.41, 5.74) is 2.19. The molecule has 0 saturated heterocycles. The number of fused-ring (bicyclic) bond motifs is 1. The van der Waals surface area contributed by atoms with Crippen molar-refractivity contribution in [1.82, 2.24) is 0 Å². The second-order valence-electron chi connectivity index (χ2n) is 4.52. The molecule has 1 spiro atoms. The number of carbonyl (C=O) groups excluding carboxylic acids is 1. The summed E-state index contributed by atoms with van der Waals surface area (Å²) in [5.74, 6) is 1.16. The molecule has 2 aliphatic rings. The molecule has 15 heavy (non-hydrogen) atoms. The summed E-state index contributed by atoms with van der Waals surface area (Å²) in [7, 11) is 0. The van der Waals surface area contributed by atoms with E-state index in [1.54, 1.807) is 0 Å². The fourth-order valence-corrected chi connectivity index (χ4v) is 3.31. The standard InChI is InChI=1S/C12H13NOS/c1-8-2-3-9-10(6-8)15-7-12(4-5-12)11(14)13-9/h2-3,6H,4-5,7H2,1H3,(H,13,14). The molecule has 0 radical (unpaired) electrons. The van der Waals surface area contributed by atoms with Gasteiger partial charge in [-0.25, -0.2) is 0 Å². The Morgan fingerprint density at radius 2 is 2.20 bits per heavy atom. The number of carbonyl (C=O) groups is 1. The van der Waals surface area contributed by atoms with Gasteiger partial charge in [0.2, 0.25) is 5.91 Å². The normalized spacial score (nSPS) is 21.8. The summed E-state index contributed by atoms with van der Waals surface area (Å²) in [4.78, 5) is 13.1. The summed E-state index contributed by atoms with van der Waals surface area (Å²) in [6, 6.07) is 6.21. The maximum absolute atomic E-state index is 11.9. The number of benzene rings is 1. The molecule has 1 N–H and O–H groups in total. The maximum atomic E-state index is 11.9. The van der Waals surface area contributed by atoms with Crippen LogP contribution in [-0.4, -0.2) is 11.7 Å². The molecule has 78 valence electrons. The Hall–Kier alpha value is -0.960. The predicted molar refractivity (Wildman–Crippen MR) is 62.2 cm³/mol. The molecule has 1 aliphatic carbocycles. The fourth-order valence-electron chi connectivity index (χ4n) is 1.91. The number of nitrogens with one attached hydrogen (secondary N) is 1. The van der Waals surface area contributed by atoms with E-state index in [1.165, 1.54) is 10.5 Å². The van der Waals surface area contributed by atoms with Gasteiger partial charge in [0.05, 0.1) is 11.1 Å². The number of hydrogen-bond acceptors (Lipinski definition) is 2. The predicted octanol–water partition coefficient (Wildman–Crippen LogP) is 2.82. The Balaban J connectivity index is 2.00. The first kappa shape index (κ1) is 9.28. The van der Waals surface area contributed by atoms with Crippen molar-refractivity contribution in [2.45, 2.75) is 24.7 Å². The van der Waals surface area contributed by atoms with Crippen molar-refractivity contribution in [1.29, 1.82) is 0 Å². The Labute approximate surface area is 93.4 Å². The van der Waals surface area contributed by atoms with E-state index in [0.717, 1.165) is 24.3 Å². The van der Waals surface area contributed by atoms with Crippen LogP contribution in [0.3, 0.4) is 0 Å². The summed E-state index contributed by atoms with van der Waals surface area (Å²) in [6.07, 6.45) is 2.11. The summed E-state index contributed by atoms with van der Waals surface area (Å²) < 4.78 is 0. The smallest absolute Gasteiger partial charge is 0.231 e. The van der Waals surface area contributed by atoms with E-state index in [0.29, 0.717) is 0 Å². The van der Waals surface area contributed by atoms with E-state index in [9.17, 15) is 4.79 Å². The van der Waals surface area contributed by atoms with Gasteiger partial charge < -0.3 is 5.32 Å². The molecule has 1 aliphatic heterocycles. The van der Waals surface area contributed by atoms with E-state index in [-0.39, 0.29) is 11.3 Å². The molecule has 1 aromatic rings. The highest BCUT2D eigenvalue weighted by molar-refractivity contribution is 7.99. The zero-order valence-electron chi connectivity index (χ0n) is 8.67. The molecule has 2 nitrogen and oxygen atoms in total. The van der Waals surface area contributed by atoms with Crippen molar-refractivity contribution in [2.24, 2.45) is 5.41 Å². The second-order valence-corrected chi connectivity index (χ2v) is 5.54. The van der Waals surface area contributed by atoms with Crippen LogP contribution >= 0.6 is 11.8 Å². The summed E-state index contributed by atoms with van der Waals surface area (Å²) >= 11 is 1.81. The highest BCUT2D eigenvalue weighted by Gasteiger charge is 2.50. The van der Waals surface area contributed by atoms with Crippen LogP contribution in [0.15, 0.2) is 23.1 Å². The van der Waals surface area contributed by atoms with Gasteiger partial charge >= 0.3 is 0 Å². The Kier molecular flexibility index (Phi) is 1.87. The first-order chi connectivity index (χ1) is 7.20. The Morgan fingerprint density at radius 3 is 2.93 bits per heavy atom. The van der Waals surface area contributed by atoms with Crippen LogP contribution in [0.4, 0.5) is 5.69 Å². The number of amides is 1. The molecule has 0 atom stereocenters. The minimum atomic E-state index is -0.0441. The summed E-state index contributed by atoms with van der Waals surface area (Å²) in [5, 5.41) is 3.04. The second kappa shape index (κ2) is 3.01. The lowest BCUT2D eigenvalue weighted by Gasteiger charge is -2.08. The molecular formula is C12H13NOS. The van der Waals surface area contributed by atoms with E-state index < -0.39 is 0 Å². The van der Waals surface area contributed by atoms with E-state index in [2.05, 4.69) is 18.3 Å². The molecule has 1 heterocycles. The van der Waals surface area contributed by atoms with Crippen molar-refractivity contribution in [3.05, 3.63) is 23.8 Å². The molecule has 1 aromatic carbocycles. The monoisotopic (exact) mass is 219 g/mol. The van der Waals surface area contributed by atoms with Gasteiger partial charge in [0.15, 0.2) is 0 Å².